The number of rotatable bonds is 4. The number of likely N-dealkylation sites (N-methyl/N-ethyl adjacent to an activating group) is 1. The lowest BCUT2D eigenvalue weighted by atomic mass is 10.2. The van der Waals surface area contributed by atoms with Crippen LogP contribution in [0.5, 0.6) is 0 Å². The summed E-state index contributed by atoms with van der Waals surface area (Å²) in [6.07, 6.45) is 3.30. The van der Waals surface area contributed by atoms with Crippen molar-refractivity contribution in [3.63, 3.8) is 0 Å². The molecule has 5 heteroatoms. The Balaban J connectivity index is 0.00000162. The molecule has 0 radical (unpaired) electrons. The largest absolute Gasteiger partial charge is 0.340 e. The van der Waals surface area contributed by atoms with Gasteiger partial charge in [-0.05, 0) is 38.9 Å². The Morgan fingerprint density at radius 3 is 2.61 bits per heavy atom. The van der Waals surface area contributed by atoms with E-state index in [2.05, 4.69) is 29.0 Å². The van der Waals surface area contributed by atoms with E-state index in [-0.39, 0.29) is 18.4 Å². The number of hydrogen-bond donors (Lipinski definition) is 1. The Hall–Kier alpha value is -0.320. The fourth-order valence-electron chi connectivity index (χ4n) is 3.10. The maximum Gasteiger partial charge on any atom is 0.239 e. The van der Waals surface area contributed by atoms with Crippen LogP contribution in [0, 0.1) is 0 Å². The van der Waals surface area contributed by atoms with Crippen LogP contribution in [0.4, 0.5) is 0 Å². The van der Waals surface area contributed by atoms with Gasteiger partial charge in [0.1, 0.15) is 0 Å². The van der Waals surface area contributed by atoms with Crippen molar-refractivity contribution in [2.75, 3.05) is 32.7 Å². The van der Waals surface area contributed by atoms with Gasteiger partial charge in [-0.3, -0.25) is 9.69 Å². The summed E-state index contributed by atoms with van der Waals surface area (Å²) in [6, 6.07) is 0.681. The molecule has 2 saturated heterocycles. The first kappa shape index (κ1) is 15.7. The maximum absolute atomic E-state index is 12.2. The molecule has 2 fully saturated rings. The maximum atomic E-state index is 12.2. The number of hydrogen-bond acceptors (Lipinski definition) is 3. The second-order valence-electron chi connectivity index (χ2n) is 5.10. The first-order valence-corrected chi connectivity index (χ1v) is 7.02. The van der Waals surface area contributed by atoms with E-state index in [1.165, 1.54) is 0 Å². The molecular formula is C13H26ClN3O. The number of likely N-dealkylation sites (tertiary alicyclic amines) is 1. The van der Waals surface area contributed by atoms with E-state index < -0.39 is 0 Å². The molecule has 2 aliphatic heterocycles. The average Bonchev–Trinajstić information content (AvgIpc) is 3.01. The average molecular weight is 276 g/mol. The molecule has 1 amide bonds. The molecule has 1 N–H and O–H groups in total. The Morgan fingerprint density at radius 1 is 1.33 bits per heavy atom. The first-order valence-electron chi connectivity index (χ1n) is 7.02. The molecule has 0 aromatic rings. The normalized spacial score (nSPS) is 27.6. The smallest absolute Gasteiger partial charge is 0.239 e. The van der Waals surface area contributed by atoms with E-state index in [0.29, 0.717) is 11.9 Å². The van der Waals surface area contributed by atoms with Crippen molar-refractivity contribution < 1.29 is 4.79 Å². The molecule has 0 bridgehead atoms. The molecule has 0 spiro atoms. The van der Waals surface area contributed by atoms with Crippen LogP contribution in [0.25, 0.3) is 0 Å². The monoisotopic (exact) mass is 275 g/mol. The van der Waals surface area contributed by atoms with Gasteiger partial charge in [0.05, 0.1) is 6.04 Å². The summed E-state index contributed by atoms with van der Waals surface area (Å²) in [4.78, 5) is 16.8. The van der Waals surface area contributed by atoms with Crippen molar-refractivity contribution in [3.05, 3.63) is 0 Å². The van der Waals surface area contributed by atoms with E-state index in [1.54, 1.807) is 0 Å². The number of carbonyl (C=O) groups excluding carboxylic acids is 1. The van der Waals surface area contributed by atoms with Gasteiger partial charge in [0.25, 0.3) is 0 Å². The molecule has 0 saturated carbocycles. The summed E-state index contributed by atoms with van der Waals surface area (Å²) < 4.78 is 0. The zero-order valence-electron chi connectivity index (χ0n) is 11.5. The van der Waals surface area contributed by atoms with Crippen molar-refractivity contribution in [1.82, 2.24) is 15.1 Å². The lowest BCUT2D eigenvalue weighted by Gasteiger charge is -2.26. The van der Waals surface area contributed by atoms with Gasteiger partial charge in [0, 0.05) is 19.1 Å². The van der Waals surface area contributed by atoms with Gasteiger partial charge in [0.2, 0.25) is 5.91 Å². The van der Waals surface area contributed by atoms with Crippen molar-refractivity contribution in [3.8, 4) is 0 Å². The highest BCUT2D eigenvalue weighted by atomic mass is 35.5. The predicted octanol–water partition coefficient (Wildman–Crippen LogP) is 1.10. The Morgan fingerprint density at radius 2 is 2.06 bits per heavy atom. The number of amides is 1. The second-order valence-corrected chi connectivity index (χ2v) is 5.10. The molecule has 0 aromatic heterocycles. The molecule has 1 unspecified atom stereocenters. The molecule has 18 heavy (non-hydrogen) atoms. The summed E-state index contributed by atoms with van der Waals surface area (Å²) >= 11 is 0. The predicted molar refractivity (Wildman–Crippen MR) is 76.2 cm³/mol. The van der Waals surface area contributed by atoms with Crippen LogP contribution >= 0.6 is 12.4 Å². The third-order valence-electron chi connectivity index (χ3n) is 4.16. The van der Waals surface area contributed by atoms with Crippen LogP contribution in [-0.4, -0.2) is 60.5 Å². The SMILES string of the molecule is CCN(CC)C1CCN(C(=O)[C@@H]2CCCN2)C1.Cl. The molecule has 0 aromatic carbocycles. The Bertz CT molecular complexity index is 265. The van der Waals surface area contributed by atoms with Crippen LogP contribution in [0.15, 0.2) is 0 Å². The molecule has 0 aliphatic carbocycles. The standard InChI is InChI=1S/C13H25N3O.ClH/c1-3-15(4-2)11-7-9-16(10-11)13(17)12-6-5-8-14-12;/h11-12,14H,3-10H2,1-2H3;1H/t11?,12-;/m0./s1. The Labute approximate surface area is 116 Å². The minimum atomic E-state index is 0. The van der Waals surface area contributed by atoms with Crippen molar-refractivity contribution in [1.29, 1.82) is 0 Å². The third kappa shape index (κ3) is 3.37. The lowest BCUT2D eigenvalue weighted by molar-refractivity contribution is -0.132. The topological polar surface area (TPSA) is 35.6 Å². The zero-order valence-corrected chi connectivity index (χ0v) is 12.3. The highest BCUT2D eigenvalue weighted by Crippen LogP contribution is 2.18. The molecular weight excluding hydrogens is 250 g/mol. The quantitative estimate of drug-likeness (QED) is 0.835. The molecule has 2 rings (SSSR count). The van der Waals surface area contributed by atoms with Crippen LogP contribution in [0.1, 0.15) is 33.1 Å². The van der Waals surface area contributed by atoms with Gasteiger partial charge in [-0.2, -0.15) is 0 Å². The zero-order chi connectivity index (χ0) is 12.3. The number of nitrogens with one attached hydrogen (secondary N) is 1. The highest BCUT2D eigenvalue weighted by molar-refractivity contribution is 5.85. The van der Waals surface area contributed by atoms with Crippen LogP contribution in [0.2, 0.25) is 0 Å². The first-order chi connectivity index (χ1) is 8.26. The van der Waals surface area contributed by atoms with Gasteiger partial charge < -0.3 is 10.2 Å². The van der Waals surface area contributed by atoms with Gasteiger partial charge >= 0.3 is 0 Å². The van der Waals surface area contributed by atoms with E-state index >= 15 is 0 Å². The summed E-state index contributed by atoms with van der Waals surface area (Å²) in [7, 11) is 0. The summed E-state index contributed by atoms with van der Waals surface area (Å²) in [5.41, 5.74) is 0. The molecule has 106 valence electrons. The fourth-order valence-corrected chi connectivity index (χ4v) is 3.10. The molecule has 2 atom stereocenters. The third-order valence-corrected chi connectivity index (χ3v) is 4.16. The summed E-state index contributed by atoms with van der Waals surface area (Å²) in [5, 5.41) is 3.30. The number of halogens is 1. The van der Waals surface area contributed by atoms with E-state index in [1.807, 2.05) is 0 Å². The molecule has 4 nitrogen and oxygen atoms in total. The second kappa shape index (κ2) is 7.31. The Kier molecular flexibility index (Phi) is 6.39. The fraction of sp³-hybridized carbons (Fsp3) is 0.923. The van der Waals surface area contributed by atoms with Crippen LogP contribution in [0.3, 0.4) is 0 Å². The minimum absolute atomic E-state index is 0. The van der Waals surface area contributed by atoms with E-state index in [0.717, 1.165) is 52.0 Å². The minimum Gasteiger partial charge on any atom is -0.340 e. The summed E-state index contributed by atoms with van der Waals surface area (Å²) in [6.45, 7) is 9.45. The molecule has 2 aliphatic rings. The van der Waals surface area contributed by atoms with Crippen molar-refractivity contribution >= 4 is 18.3 Å². The lowest BCUT2D eigenvalue weighted by Crippen LogP contribution is -2.44. The van der Waals surface area contributed by atoms with Crippen LogP contribution in [-0.2, 0) is 4.79 Å². The van der Waals surface area contributed by atoms with Crippen molar-refractivity contribution in [2.24, 2.45) is 0 Å². The molecule has 2 heterocycles. The number of carbonyl (C=O) groups is 1. The van der Waals surface area contributed by atoms with Gasteiger partial charge in [0.15, 0.2) is 0 Å². The van der Waals surface area contributed by atoms with E-state index in [4.69, 9.17) is 0 Å². The van der Waals surface area contributed by atoms with Gasteiger partial charge in [-0.25, -0.2) is 0 Å². The van der Waals surface area contributed by atoms with Gasteiger partial charge in [-0.1, -0.05) is 13.8 Å². The van der Waals surface area contributed by atoms with E-state index in [9.17, 15) is 4.79 Å². The number of nitrogens with zero attached hydrogens (tertiary/aromatic N) is 2. The van der Waals surface area contributed by atoms with Gasteiger partial charge in [-0.15, -0.1) is 12.4 Å². The van der Waals surface area contributed by atoms with Crippen molar-refractivity contribution in [2.45, 2.75) is 45.2 Å². The van der Waals surface area contributed by atoms with Crippen LogP contribution < -0.4 is 5.32 Å². The highest BCUT2D eigenvalue weighted by Gasteiger charge is 2.33. The summed E-state index contributed by atoms with van der Waals surface area (Å²) in [5.74, 6) is 0.331.